The lowest BCUT2D eigenvalue weighted by molar-refractivity contribution is 0.561. The minimum atomic E-state index is -0.323. The van der Waals surface area contributed by atoms with Gasteiger partial charge in [0.25, 0.3) is 0 Å². The molecular weight excluding hydrogens is 236 g/mol. The van der Waals surface area contributed by atoms with Gasteiger partial charge in [-0.2, -0.15) is 0 Å². The highest BCUT2D eigenvalue weighted by Gasteiger charge is 1.97. The average Bonchev–Trinajstić information content (AvgIpc) is 2.46. The molecule has 0 atom stereocenters. The fourth-order valence-electron chi connectivity index (χ4n) is 1.94. The zero-order valence-corrected chi connectivity index (χ0v) is 10.2. The Morgan fingerprint density at radius 3 is 2.37 bits per heavy atom. The van der Waals surface area contributed by atoms with Gasteiger partial charge in [0, 0.05) is 11.5 Å². The van der Waals surface area contributed by atoms with Crippen molar-refractivity contribution in [2.24, 2.45) is 0 Å². The van der Waals surface area contributed by atoms with Gasteiger partial charge in [0.1, 0.15) is 5.58 Å². The van der Waals surface area contributed by atoms with E-state index in [0.29, 0.717) is 5.58 Å². The predicted octanol–water partition coefficient (Wildman–Crippen LogP) is 3.96. The van der Waals surface area contributed by atoms with E-state index in [2.05, 4.69) is 0 Å². The molecule has 0 bridgehead atoms. The first-order valence-corrected chi connectivity index (χ1v) is 6.08. The summed E-state index contributed by atoms with van der Waals surface area (Å²) >= 11 is 0. The summed E-state index contributed by atoms with van der Waals surface area (Å²) in [6, 6.07) is 19.1. The van der Waals surface area contributed by atoms with Crippen molar-refractivity contribution in [3.63, 3.8) is 0 Å². The lowest BCUT2D eigenvalue weighted by Crippen LogP contribution is -1.94. The van der Waals surface area contributed by atoms with Crippen LogP contribution in [0.5, 0.6) is 0 Å². The maximum atomic E-state index is 11.2. The van der Waals surface area contributed by atoms with Gasteiger partial charge >= 0.3 is 5.63 Å². The summed E-state index contributed by atoms with van der Waals surface area (Å²) < 4.78 is 5.16. The molecule has 92 valence electrons. The van der Waals surface area contributed by atoms with Crippen molar-refractivity contribution in [3.05, 3.63) is 82.2 Å². The summed E-state index contributed by atoms with van der Waals surface area (Å²) in [4.78, 5) is 11.2. The van der Waals surface area contributed by atoms with Crippen LogP contribution in [-0.2, 0) is 0 Å². The Morgan fingerprint density at radius 2 is 1.53 bits per heavy atom. The van der Waals surface area contributed by atoms with Crippen LogP contribution in [0.4, 0.5) is 0 Å². The predicted molar refractivity (Wildman–Crippen MR) is 77.9 cm³/mol. The molecule has 0 aliphatic carbocycles. The molecule has 19 heavy (non-hydrogen) atoms. The molecule has 2 heteroatoms. The van der Waals surface area contributed by atoms with E-state index in [1.807, 2.05) is 60.7 Å². The summed E-state index contributed by atoms with van der Waals surface area (Å²) in [5.74, 6) is 0. The van der Waals surface area contributed by atoms with Crippen LogP contribution in [0.15, 0.2) is 69.9 Å². The van der Waals surface area contributed by atoms with Crippen molar-refractivity contribution < 1.29 is 4.42 Å². The fourth-order valence-corrected chi connectivity index (χ4v) is 1.94. The molecule has 0 spiro atoms. The maximum absolute atomic E-state index is 11.2. The quantitative estimate of drug-likeness (QED) is 0.507. The Labute approximate surface area is 110 Å². The molecule has 0 aliphatic heterocycles. The van der Waals surface area contributed by atoms with Crippen LogP contribution in [0.3, 0.4) is 0 Å². The molecule has 0 fully saturated rings. The number of hydrogen-bond donors (Lipinski definition) is 0. The van der Waals surface area contributed by atoms with E-state index in [4.69, 9.17) is 4.42 Å². The topological polar surface area (TPSA) is 30.2 Å². The first-order valence-electron chi connectivity index (χ1n) is 6.08. The van der Waals surface area contributed by atoms with Gasteiger partial charge in [-0.3, -0.25) is 0 Å². The van der Waals surface area contributed by atoms with Gasteiger partial charge < -0.3 is 4.42 Å². The van der Waals surface area contributed by atoms with Gasteiger partial charge in [0.2, 0.25) is 0 Å². The van der Waals surface area contributed by atoms with Crippen LogP contribution < -0.4 is 5.63 Å². The second-order valence-corrected chi connectivity index (χ2v) is 4.30. The van der Waals surface area contributed by atoms with E-state index in [0.717, 1.165) is 16.5 Å². The van der Waals surface area contributed by atoms with E-state index in [9.17, 15) is 4.79 Å². The van der Waals surface area contributed by atoms with Gasteiger partial charge in [-0.15, -0.1) is 0 Å². The van der Waals surface area contributed by atoms with Gasteiger partial charge in [-0.05, 0) is 23.3 Å². The molecule has 2 aromatic carbocycles. The molecule has 0 saturated carbocycles. The van der Waals surface area contributed by atoms with E-state index in [1.54, 1.807) is 6.07 Å². The molecular formula is C17H12O2. The first kappa shape index (κ1) is 11.5. The molecule has 1 aromatic heterocycles. The monoisotopic (exact) mass is 248 g/mol. The number of rotatable bonds is 2. The average molecular weight is 248 g/mol. The minimum absolute atomic E-state index is 0.323. The van der Waals surface area contributed by atoms with Crippen LogP contribution >= 0.6 is 0 Å². The molecule has 2 nitrogen and oxygen atoms in total. The van der Waals surface area contributed by atoms with Gasteiger partial charge in [-0.25, -0.2) is 4.79 Å². The summed E-state index contributed by atoms with van der Waals surface area (Å²) in [6.45, 7) is 0. The third-order valence-corrected chi connectivity index (χ3v) is 2.91. The highest BCUT2D eigenvalue weighted by Crippen LogP contribution is 2.16. The molecule has 3 aromatic rings. The van der Waals surface area contributed by atoms with E-state index in [1.165, 1.54) is 6.07 Å². The van der Waals surface area contributed by atoms with Crippen LogP contribution in [-0.4, -0.2) is 0 Å². The van der Waals surface area contributed by atoms with Crippen molar-refractivity contribution in [1.29, 1.82) is 0 Å². The molecule has 0 radical (unpaired) electrons. The Morgan fingerprint density at radius 1 is 0.789 bits per heavy atom. The molecule has 1 heterocycles. The van der Waals surface area contributed by atoms with Gasteiger partial charge in [-0.1, -0.05) is 54.6 Å². The second kappa shape index (κ2) is 4.94. The van der Waals surface area contributed by atoms with Crippen molar-refractivity contribution in [2.75, 3.05) is 0 Å². The molecule has 0 aliphatic rings. The third kappa shape index (κ3) is 2.63. The number of hydrogen-bond acceptors (Lipinski definition) is 2. The van der Waals surface area contributed by atoms with Crippen molar-refractivity contribution in [2.45, 2.75) is 0 Å². The molecule has 3 rings (SSSR count). The van der Waals surface area contributed by atoms with Gasteiger partial charge in [0.15, 0.2) is 0 Å². The minimum Gasteiger partial charge on any atom is -0.423 e. The Bertz CT molecular complexity index is 783. The zero-order chi connectivity index (χ0) is 13.1. The number of fused-ring (bicyclic) bond motifs is 1. The van der Waals surface area contributed by atoms with E-state index in [-0.39, 0.29) is 5.63 Å². The Balaban J connectivity index is 1.97. The van der Waals surface area contributed by atoms with E-state index < -0.39 is 0 Å². The fraction of sp³-hybridized carbons (Fsp3) is 0. The summed E-state index contributed by atoms with van der Waals surface area (Å²) in [5, 5.41) is 0.927. The summed E-state index contributed by atoms with van der Waals surface area (Å²) in [6.07, 6.45) is 4.03. The number of benzene rings is 2. The summed E-state index contributed by atoms with van der Waals surface area (Å²) in [7, 11) is 0. The molecule has 0 amide bonds. The van der Waals surface area contributed by atoms with Crippen LogP contribution in [0.2, 0.25) is 0 Å². The third-order valence-electron chi connectivity index (χ3n) is 2.91. The van der Waals surface area contributed by atoms with Crippen LogP contribution in [0, 0.1) is 0 Å². The highest BCUT2D eigenvalue weighted by molar-refractivity contribution is 5.81. The lowest BCUT2D eigenvalue weighted by atomic mass is 10.1. The van der Waals surface area contributed by atoms with Crippen molar-refractivity contribution in [3.8, 4) is 0 Å². The molecule has 0 N–H and O–H groups in total. The largest absolute Gasteiger partial charge is 0.423 e. The highest BCUT2D eigenvalue weighted by atomic mass is 16.4. The normalized spacial score (nSPS) is 11.2. The molecule has 0 saturated heterocycles. The van der Waals surface area contributed by atoms with Crippen LogP contribution in [0.25, 0.3) is 23.1 Å². The molecule has 0 unspecified atom stereocenters. The standard InChI is InChI=1S/C17H12O2/c18-17-11-10-15-9-8-14(12-16(15)19-17)7-6-13-4-2-1-3-5-13/h1-12H/b7-6+. The summed E-state index contributed by atoms with van der Waals surface area (Å²) in [5.41, 5.74) is 2.43. The first-order chi connectivity index (χ1) is 9.31. The lowest BCUT2D eigenvalue weighted by Gasteiger charge is -1.98. The van der Waals surface area contributed by atoms with Crippen LogP contribution in [0.1, 0.15) is 11.1 Å². The Kier molecular flexibility index (Phi) is 2.99. The second-order valence-electron chi connectivity index (χ2n) is 4.30. The zero-order valence-electron chi connectivity index (χ0n) is 10.2. The van der Waals surface area contributed by atoms with E-state index >= 15 is 0 Å². The SMILES string of the molecule is O=c1ccc2ccc(/C=C/c3ccccc3)cc2o1. The Hall–Kier alpha value is -2.61. The van der Waals surface area contributed by atoms with Gasteiger partial charge in [0.05, 0.1) is 0 Å². The van der Waals surface area contributed by atoms with Crippen molar-refractivity contribution in [1.82, 2.24) is 0 Å². The van der Waals surface area contributed by atoms with Crippen molar-refractivity contribution >= 4 is 23.1 Å². The maximum Gasteiger partial charge on any atom is 0.336 e. The smallest absolute Gasteiger partial charge is 0.336 e.